The molecule has 0 spiro atoms. The number of ketones is 1. The SMILES string of the molecule is CCN(CCO)c1ncnc(Nc2ccc(C(C)=O)cc2)c1[N+](=O)[O-]. The van der Waals surface area contributed by atoms with Gasteiger partial charge in [0.05, 0.1) is 11.5 Å². The Morgan fingerprint density at radius 3 is 2.52 bits per heavy atom. The lowest BCUT2D eigenvalue weighted by atomic mass is 10.1. The molecule has 1 heterocycles. The topological polar surface area (TPSA) is 121 Å². The van der Waals surface area contributed by atoms with Crippen molar-refractivity contribution in [3.05, 3.63) is 46.3 Å². The number of aliphatic hydroxyl groups excluding tert-OH is 1. The van der Waals surface area contributed by atoms with Crippen LogP contribution >= 0.6 is 0 Å². The van der Waals surface area contributed by atoms with E-state index in [0.717, 1.165) is 0 Å². The first-order chi connectivity index (χ1) is 12.0. The van der Waals surface area contributed by atoms with Crippen LogP contribution in [0.25, 0.3) is 0 Å². The fourth-order valence-corrected chi connectivity index (χ4v) is 2.32. The van der Waals surface area contributed by atoms with Gasteiger partial charge in [0, 0.05) is 24.3 Å². The van der Waals surface area contributed by atoms with Gasteiger partial charge in [0.2, 0.25) is 11.6 Å². The third-order valence-electron chi connectivity index (χ3n) is 3.59. The number of benzene rings is 1. The Hall–Kier alpha value is -3.07. The van der Waals surface area contributed by atoms with E-state index in [0.29, 0.717) is 17.8 Å². The van der Waals surface area contributed by atoms with Crippen LogP contribution in [-0.4, -0.2) is 45.5 Å². The maximum absolute atomic E-state index is 11.6. The molecule has 1 aromatic carbocycles. The maximum Gasteiger partial charge on any atom is 0.353 e. The lowest BCUT2D eigenvalue weighted by Gasteiger charge is -2.20. The van der Waals surface area contributed by atoms with Crippen molar-refractivity contribution < 1.29 is 14.8 Å². The van der Waals surface area contributed by atoms with Crippen LogP contribution in [0.5, 0.6) is 0 Å². The zero-order valence-electron chi connectivity index (χ0n) is 14.0. The molecule has 132 valence electrons. The molecule has 0 atom stereocenters. The molecule has 9 nitrogen and oxygen atoms in total. The molecule has 0 saturated carbocycles. The van der Waals surface area contributed by atoms with Crippen LogP contribution in [0.15, 0.2) is 30.6 Å². The van der Waals surface area contributed by atoms with Crippen LogP contribution in [0.4, 0.5) is 23.0 Å². The average Bonchev–Trinajstić information content (AvgIpc) is 2.59. The number of aromatic nitrogens is 2. The van der Waals surface area contributed by atoms with Crippen molar-refractivity contribution >= 4 is 28.8 Å². The smallest absolute Gasteiger partial charge is 0.353 e. The highest BCUT2D eigenvalue weighted by Gasteiger charge is 2.26. The number of Topliss-reactive ketones (excluding diaryl/α,β-unsaturated/α-hetero) is 1. The van der Waals surface area contributed by atoms with Gasteiger partial charge in [0.15, 0.2) is 5.78 Å². The Balaban J connectivity index is 2.40. The average molecular weight is 345 g/mol. The highest BCUT2D eigenvalue weighted by molar-refractivity contribution is 5.94. The van der Waals surface area contributed by atoms with Gasteiger partial charge in [-0.1, -0.05) is 0 Å². The molecule has 0 radical (unpaired) electrons. The standard InChI is InChI=1S/C16H19N5O4/c1-3-20(8-9-22)16-14(21(24)25)15(17-10-18-16)19-13-6-4-12(5-7-13)11(2)23/h4-7,10,22H,3,8-9H2,1-2H3,(H,17,18,19). The number of carbonyl (C=O) groups is 1. The number of hydrogen-bond acceptors (Lipinski definition) is 8. The van der Waals surface area contributed by atoms with Crippen molar-refractivity contribution in [3.63, 3.8) is 0 Å². The minimum atomic E-state index is -0.554. The molecule has 0 amide bonds. The number of nitro groups is 1. The molecule has 0 bridgehead atoms. The number of rotatable bonds is 8. The van der Waals surface area contributed by atoms with E-state index in [1.807, 2.05) is 6.92 Å². The van der Waals surface area contributed by atoms with Gasteiger partial charge in [-0.05, 0) is 38.1 Å². The van der Waals surface area contributed by atoms with Gasteiger partial charge in [0.25, 0.3) is 0 Å². The van der Waals surface area contributed by atoms with E-state index in [1.54, 1.807) is 29.2 Å². The van der Waals surface area contributed by atoms with Crippen LogP contribution in [0.2, 0.25) is 0 Å². The van der Waals surface area contributed by atoms with Crippen molar-refractivity contribution in [2.75, 3.05) is 29.9 Å². The molecule has 9 heteroatoms. The Morgan fingerprint density at radius 1 is 1.32 bits per heavy atom. The Bertz CT molecular complexity index is 764. The summed E-state index contributed by atoms with van der Waals surface area (Å²) >= 11 is 0. The van der Waals surface area contributed by atoms with Crippen molar-refractivity contribution in [1.82, 2.24) is 9.97 Å². The molecule has 0 unspecified atom stereocenters. The summed E-state index contributed by atoms with van der Waals surface area (Å²) in [7, 11) is 0. The summed E-state index contributed by atoms with van der Waals surface area (Å²) in [6.07, 6.45) is 1.23. The minimum absolute atomic E-state index is 0.0435. The molecule has 2 rings (SSSR count). The van der Waals surface area contributed by atoms with Gasteiger partial charge >= 0.3 is 5.69 Å². The lowest BCUT2D eigenvalue weighted by Crippen LogP contribution is -2.28. The Kier molecular flexibility index (Phi) is 5.96. The Labute approximate surface area is 144 Å². The molecule has 0 aliphatic rings. The summed E-state index contributed by atoms with van der Waals surface area (Å²) in [6, 6.07) is 6.55. The third kappa shape index (κ3) is 4.27. The monoisotopic (exact) mass is 345 g/mol. The van der Waals surface area contributed by atoms with Gasteiger partial charge < -0.3 is 15.3 Å². The van der Waals surface area contributed by atoms with E-state index < -0.39 is 4.92 Å². The zero-order chi connectivity index (χ0) is 18.4. The fraction of sp³-hybridized carbons (Fsp3) is 0.312. The summed E-state index contributed by atoms with van der Waals surface area (Å²) in [5.74, 6) is 0.116. The van der Waals surface area contributed by atoms with Crippen molar-refractivity contribution in [1.29, 1.82) is 0 Å². The number of carbonyl (C=O) groups excluding carboxylic acids is 1. The summed E-state index contributed by atoms with van der Waals surface area (Å²) in [5, 5.41) is 23.6. The van der Waals surface area contributed by atoms with E-state index in [9.17, 15) is 14.9 Å². The maximum atomic E-state index is 11.6. The predicted molar refractivity (Wildman–Crippen MR) is 93.4 cm³/mol. The highest BCUT2D eigenvalue weighted by Crippen LogP contribution is 2.33. The van der Waals surface area contributed by atoms with Crippen LogP contribution in [0.3, 0.4) is 0 Å². The minimum Gasteiger partial charge on any atom is -0.395 e. The summed E-state index contributed by atoms with van der Waals surface area (Å²) < 4.78 is 0. The van der Waals surface area contributed by atoms with Crippen molar-refractivity contribution in [2.45, 2.75) is 13.8 Å². The first-order valence-electron chi connectivity index (χ1n) is 7.71. The second-order valence-corrected chi connectivity index (χ2v) is 5.21. The second-order valence-electron chi connectivity index (χ2n) is 5.21. The largest absolute Gasteiger partial charge is 0.395 e. The van der Waals surface area contributed by atoms with Crippen LogP contribution in [0, 0.1) is 10.1 Å². The van der Waals surface area contributed by atoms with Gasteiger partial charge in [-0.3, -0.25) is 14.9 Å². The summed E-state index contributed by atoms with van der Waals surface area (Å²) in [5.41, 5.74) is 0.833. The number of likely N-dealkylation sites (N-methyl/N-ethyl adjacent to an activating group) is 1. The second kappa shape index (κ2) is 8.15. The van der Waals surface area contributed by atoms with E-state index in [4.69, 9.17) is 5.11 Å². The summed E-state index contributed by atoms with van der Waals surface area (Å²) in [4.78, 5) is 31.9. The number of hydrogen-bond donors (Lipinski definition) is 2. The van der Waals surface area contributed by atoms with Gasteiger partial charge in [-0.25, -0.2) is 9.97 Å². The first-order valence-corrected chi connectivity index (χ1v) is 7.71. The van der Waals surface area contributed by atoms with Crippen LogP contribution in [0.1, 0.15) is 24.2 Å². The van der Waals surface area contributed by atoms with E-state index >= 15 is 0 Å². The Morgan fingerprint density at radius 2 is 2.00 bits per heavy atom. The van der Waals surface area contributed by atoms with Crippen molar-refractivity contribution in [2.24, 2.45) is 0 Å². The van der Waals surface area contributed by atoms with Gasteiger partial charge in [-0.15, -0.1) is 0 Å². The highest BCUT2D eigenvalue weighted by atomic mass is 16.6. The third-order valence-corrected chi connectivity index (χ3v) is 3.59. The predicted octanol–water partition coefficient (Wildman–Crippen LogP) is 2.15. The van der Waals surface area contributed by atoms with E-state index in [-0.39, 0.29) is 36.3 Å². The molecule has 0 fully saturated rings. The van der Waals surface area contributed by atoms with Crippen molar-refractivity contribution in [3.8, 4) is 0 Å². The number of anilines is 3. The van der Waals surface area contributed by atoms with E-state index in [1.165, 1.54) is 13.3 Å². The lowest BCUT2D eigenvalue weighted by molar-refractivity contribution is -0.383. The van der Waals surface area contributed by atoms with Crippen LogP contribution < -0.4 is 10.2 Å². The van der Waals surface area contributed by atoms with Gasteiger partial charge in [0.1, 0.15) is 6.33 Å². The molecule has 0 aliphatic heterocycles. The molecule has 1 aromatic heterocycles. The summed E-state index contributed by atoms with van der Waals surface area (Å²) in [6.45, 7) is 3.80. The number of nitrogens with one attached hydrogen (secondary N) is 1. The van der Waals surface area contributed by atoms with Gasteiger partial charge in [-0.2, -0.15) is 0 Å². The van der Waals surface area contributed by atoms with Crippen LogP contribution in [-0.2, 0) is 0 Å². The molecule has 25 heavy (non-hydrogen) atoms. The quantitative estimate of drug-likeness (QED) is 0.424. The molecule has 2 aromatic rings. The van der Waals surface area contributed by atoms with E-state index in [2.05, 4.69) is 15.3 Å². The molecule has 2 N–H and O–H groups in total. The number of aliphatic hydroxyl groups is 1. The molecule has 0 saturated heterocycles. The number of nitrogens with zero attached hydrogens (tertiary/aromatic N) is 4. The first kappa shape index (κ1) is 18.3. The normalized spacial score (nSPS) is 10.4. The fourth-order valence-electron chi connectivity index (χ4n) is 2.32. The molecular formula is C16H19N5O4. The molecular weight excluding hydrogens is 326 g/mol. The zero-order valence-corrected chi connectivity index (χ0v) is 14.0. The molecule has 0 aliphatic carbocycles.